The zero-order chi connectivity index (χ0) is 17.4. The van der Waals surface area contributed by atoms with E-state index in [9.17, 15) is 5.11 Å². The molecule has 0 aliphatic heterocycles. The Hall–Kier alpha value is -2.47. The first-order valence-corrected chi connectivity index (χ1v) is 7.98. The Morgan fingerprint density at radius 1 is 1.33 bits per heavy atom. The lowest BCUT2D eigenvalue weighted by Crippen LogP contribution is -2.38. The zero-order valence-electron chi connectivity index (χ0n) is 14.4. The van der Waals surface area contributed by atoms with Gasteiger partial charge in [-0.05, 0) is 25.1 Å². The molecular weight excluding hydrogens is 306 g/mol. The third kappa shape index (κ3) is 4.76. The maximum Gasteiger partial charge on any atom is 0.194 e. The lowest BCUT2D eigenvalue weighted by atomic mass is 10.2. The van der Waals surface area contributed by atoms with E-state index in [0.717, 1.165) is 17.9 Å². The van der Waals surface area contributed by atoms with Gasteiger partial charge in [0.05, 0.1) is 19.9 Å². The van der Waals surface area contributed by atoms with Gasteiger partial charge in [0, 0.05) is 25.7 Å². The van der Waals surface area contributed by atoms with E-state index in [1.165, 1.54) is 0 Å². The molecule has 6 heteroatoms. The number of guanidine groups is 1. The topological polar surface area (TPSA) is 70.2 Å². The summed E-state index contributed by atoms with van der Waals surface area (Å²) in [4.78, 5) is 6.50. The van der Waals surface area contributed by atoms with E-state index in [-0.39, 0.29) is 6.54 Å². The van der Waals surface area contributed by atoms with Gasteiger partial charge in [-0.2, -0.15) is 0 Å². The first-order chi connectivity index (χ1) is 11.7. The number of hydrogen-bond donors (Lipinski definition) is 2. The van der Waals surface area contributed by atoms with Crippen LogP contribution in [0, 0.1) is 0 Å². The monoisotopic (exact) mass is 331 g/mol. The Morgan fingerprint density at radius 2 is 2.12 bits per heavy atom. The highest BCUT2D eigenvalue weighted by Gasteiger charge is 2.13. The van der Waals surface area contributed by atoms with E-state index >= 15 is 0 Å². The number of nitrogens with one attached hydrogen (secondary N) is 1. The Labute approximate surface area is 142 Å². The highest BCUT2D eigenvalue weighted by atomic mass is 16.5. The zero-order valence-corrected chi connectivity index (χ0v) is 14.4. The average molecular weight is 331 g/mol. The molecule has 0 saturated carbocycles. The molecule has 1 aromatic carbocycles. The predicted octanol–water partition coefficient (Wildman–Crippen LogP) is 2.42. The molecule has 1 heterocycles. The average Bonchev–Trinajstić information content (AvgIpc) is 3.13. The van der Waals surface area contributed by atoms with Crippen LogP contribution in [0.3, 0.4) is 0 Å². The van der Waals surface area contributed by atoms with Crippen molar-refractivity contribution < 1.29 is 14.3 Å². The molecule has 1 unspecified atom stereocenters. The normalized spacial score (nSPS) is 12.8. The third-order valence-corrected chi connectivity index (χ3v) is 3.58. The van der Waals surface area contributed by atoms with Crippen LogP contribution >= 0.6 is 0 Å². The molecule has 0 spiro atoms. The molecule has 24 heavy (non-hydrogen) atoms. The van der Waals surface area contributed by atoms with Gasteiger partial charge in [0.15, 0.2) is 5.96 Å². The Morgan fingerprint density at radius 3 is 2.79 bits per heavy atom. The van der Waals surface area contributed by atoms with E-state index in [2.05, 4.69) is 10.3 Å². The van der Waals surface area contributed by atoms with E-state index in [1.807, 2.05) is 43.1 Å². The van der Waals surface area contributed by atoms with Gasteiger partial charge in [-0.25, -0.2) is 4.99 Å². The first-order valence-electron chi connectivity index (χ1n) is 7.98. The van der Waals surface area contributed by atoms with Crippen LogP contribution in [0.25, 0.3) is 0 Å². The van der Waals surface area contributed by atoms with Gasteiger partial charge in [-0.15, -0.1) is 0 Å². The maximum absolute atomic E-state index is 10.1. The quantitative estimate of drug-likeness (QED) is 0.602. The predicted molar refractivity (Wildman–Crippen MR) is 94.1 cm³/mol. The van der Waals surface area contributed by atoms with E-state index in [4.69, 9.17) is 9.15 Å². The summed E-state index contributed by atoms with van der Waals surface area (Å²) in [6, 6.07) is 11.4. The third-order valence-electron chi connectivity index (χ3n) is 3.58. The molecule has 1 aromatic heterocycles. The molecule has 0 radical (unpaired) electrons. The number of aliphatic hydroxyl groups is 1. The highest BCUT2D eigenvalue weighted by Crippen LogP contribution is 2.19. The molecule has 2 rings (SSSR count). The summed E-state index contributed by atoms with van der Waals surface area (Å²) < 4.78 is 10.6. The smallest absolute Gasteiger partial charge is 0.194 e. The Kier molecular flexibility index (Phi) is 6.69. The van der Waals surface area contributed by atoms with Crippen LogP contribution in [0.1, 0.15) is 24.4 Å². The minimum Gasteiger partial charge on any atom is -0.496 e. The van der Waals surface area contributed by atoms with Crippen molar-refractivity contribution in [3.8, 4) is 5.75 Å². The first kappa shape index (κ1) is 17.9. The second kappa shape index (κ2) is 8.98. The molecule has 0 aliphatic carbocycles. The number of rotatable bonds is 7. The Bertz CT molecular complexity index is 641. The number of para-hydroxylation sites is 1. The van der Waals surface area contributed by atoms with Gasteiger partial charge < -0.3 is 24.5 Å². The van der Waals surface area contributed by atoms with Crippen LogP contribution < -0.4 is 10.1 Å². The van der Waals surface area contributed by atoms with E-state index < -0.39 is 6.10 Å². The van der Waals surface area contributed by atoms with E-state index in [1.54, 1.807) is 25.5 Å². The summed E-state index contributed by atoms with van der Waals surface area (Å²) in [5.41, 5.74) is 1.07. The number of nitrogens with zero attached hydrogens (tertiary/aromatic N) is 2. The summed E-state index contributed by atoms with van der Waals surface area (Å²) in [6.45, 7) is 3.63. The van der Waals surface area contributed by atoms with Gasteiger partial charge in [0.2, 0.25) is 0 Å². The second-order valence-corrected chi connectivity index (χ2v) is 5.39. The number of aliphatic imine (C=N–C) groups is 1. The van der Waals surface area contributed by atoms with Crippen LogP contribution in [0.4, 0.5) is 0 Å². The molecule has 0 amide bonds. The largest absolute Gasteiger partial charge is 0.496 e. The standard InChI is InChI=1S/C18H25N3O3/c1-4-19-18(20-12-15(22)17-10-7-11-24-17)21(2)13-14-8-5-6-9-16(14)23-3/h5-11,15,22H,4,12-13H2,1-3H3,(H,19,20). The Balaban J connectivity index is 2.06. The molecule has 6 nitrogen and oxygen atoms in total. The van der Waals surface area contributed by atoms with Crippen LogP contribution in [0.15, 0.2) is 52.1 Å². The van der Waals surface area contributed by atoms with Crippen molar-refractivity contribution in [2.75, 3.05) is 27.2 Å². The fourth-order valence-electron chi connectivity index (χ4n) is 2.38. The van der Waals surface area contributed by atoms with Crippen molar-refractivity contribution in [1.29, 1.82) is 0 Å². The number of hydrogen-bond acceptors (Lipinski definition) is 4. The van der Waals surface area contributed by atoms with Crippen molar-refractivity contribution in [2.45, 2.75) is 19.6 Å². The molecule has 2 aromatic rings. The minimum atomic E-state index is -0.756. The van der Waals surface area contributed by atoms with Crippen LogP contribution in [-0.4, -0.2) is 43.2 Å². The fourth-order valence-corrected chi connectivity index (χ4v) is 2.38. The lowest BCUT2D eigenvalue weighted by Gasteiger charge is -2.23. The molecule has 0 fully saturated rings. The molecule has 0 saturated heterocycles. The maximum atomic E-state index is 10.1. The van der Waals surface area contributed by atoms with Crippen molar-refractivity contribution in [1.82, 2.24) is 10.2 Å². The minimum absolute atomic E-state index is 0.228. The number of methoxy groups -OCH3 is 1. The summed E-state index contributed by atoms with van der Waals surface area (Å²) in [6.07, 6.45) is 0.787. The molecule has 1 atom stereocenters. The number of ether oxygens (including phenoxy) is 1. The van der Waals surface area contributed by atoms with E-state index in [0.29, 0.717) is 18.3 Å². The SMILES string of the molecule is CCNC(=NCC(O)c1ccco1)N(C)Cc1ccccc1OC. The summed E-state index contributed by atoms with van der Waals surface area (Å²) in [7, 11) is 3.62. The highest BCUT2D eigenvalue weighted by molar-refractivity contribution is 5.79. The number of furan rings is 1. The van der Waals surface area contributed by atoms with Crippen molar-refractivity contribution >= 4 is 5.96 Å². The molecule has 0 aliphatic rings. The van der Waals surface area contributed by atoms with Gasteiger partial charge in [0.1, 0.15) is 17.6 Å². The second-order valence-electron chi connectivity index (χ2n) is 5.39. The summed E-state index contributed by atoms with van der Waals surface area (Å²) >= 11 is 0. The molecule has 0 bridgehead atoms. The summed E-state index contributed by atoms with van der Waals surface area (Å²) in [5.74, 6) is 2.08. The summed E-state index contributed by atoms with van der Waals surface area (Å²) in [5, 5.41) is 13.3. The van der Waals surface area contributed by atoms with Crippen LogP contribution in [-0.2, 0) is 6.54 Å². The number of aliphatic hydroxyl groups excluding tert-OH is 1. The molecule has 130 valence electrons. The lowest BCUT2D eigenvalue weighted by molar-refractivity contribution is 0.158. The van der Waals surface area contributed by atoms with Crippen LogP contribution in [0.5, 0.6) is 5.75 Å². The van der Waals surface area contributed by atoms with Gasteiger partial charge in [-0.1, -0.05) is 18.2 Å². The van der Waals surface area contributed by atoms with Crippen molar-refractivity contribution in [3.63, 3.8) is 0 Å². The molecular formula is C18H25N3O3. The van der Waals surface area contributed by atoms with Crippen molar-refractivity contribution in [3.05, 3.63) is 54.0 Å². The number of benzene rings is 1. The fraction of sp³-hybridized carbons (Fsp3) is 0.389. The van der Waals surface area contributed by atoms with Gasteiger partial charge in [0.25, 0.3) is 0 Å². The molecule has 2 N–H and O–H groups in total. The van der Waals surface area contributed by atoms with Crippen LogP contribution in [0.2, 0.25) is 0 Å². The van der Waals surface area contributed by atoms with Gasteiger partial charge >= 0.3 is 0 Å². The van der Waals surface area contributed by atoms with Gasteiger partial charge in [-0.3, -0.25) is 0 Å². The van der Waals surface area contributed by atoms with Crippen molar-refractivity contribution in [2.24, 2.45) is 4.99 Å².